The van der Waals surface area contributed by atoms with Crippen LogP contribution in [-0.4, -0.2) is 23.1 Å². The number of nitrogens with one attached hydrogen (secondary N) is 3. The summed E-state index contributed by atoms with van der Waals surface area (Å²) in [6.07, 6.45) is 2.24. The molecule has 0 bridgehead atoms. The molecule has 0 aromatic carbocycles. The van der Waals surface area contributed by atoms with Crippen LogP contribution in [0.15, 0.2) is 4.79 Å². The second-order valence-corrected chi connectivity index (χ2v) is 3.64. The van der Waals surface area contributed by atoms with Gasteiger partial charge in [-0.15, -0.1) is 0 Å². The monoisotopic (exact) mass is 181 g/mol. The van der Waals surface area contributed by atoms with Gasteiger partial charge in [0, 0.05) is 17.3 Å². The van der Waals surface area contributed by atoms with Crippen LogP contribution in [0.2, 0.25) is 0 Å². The largest absolute Gasteiger partial charge is 0.323 e. The van der Waals surface area contributed by atoms with Gasteiger partial charge in [0.05, 0.1) is 0 Å². The number of rotatable bonds is 1. The predicted octanol–water partition coefficient (Wildman–Crippen LogP) is 0.478. The Labute approximate surface area is 76.8 Å². The molecule has 0 aliphatic carbocycles. The van der Waals surface area contributed by atoms with Crippen molar-refractivity contribution < 1.29 is 0 Å². The van der Waals surface area contributed by atoms with Crippen molar-refractivity contribution in [3.05, 3.63) is 21.9 Å². The lowest BCUT2D eigenvalue weighted by Gasteiger charge is -2.21. The van der Waals surface area contributed by atoms with E-state index in [0.717, 1.165) is 37.3 Å². The third-order valence-corrected chi connectivity index (χ3v) is 2.70. The number of aromatic amines is 2. The van der Waals surface area contributed by atoms with E-state index in [4.69, 9.17) is 0 Å². The molecule has 0 atom stereocenters. The maximum atomic E-state index is 11.0. The van der Waals surface area contributed by atoms with Gasteiger partial charge in [-0.3, -0.25) is 0 Å². The maximum Gasteiger partial charge on any atom is 0.323 e. The number of aromatic nitrogens is 2. The van der Waals surface area contributed by atoms with E-state index in [1.807, 2.05) is 6.92 Å². The minimum absolute atomic E-state index is 0.0777. The minimum Gasteiger partial charge on any atom is -0.317 e. The number of hydrogen-bond acceptors (Lipinski definition) is 2. The summed E-state index contributed by atoms with van der Waals surface area (Å²) >= 11 is 0. The molecule has 1 fully saturated rings. The normalized spacial score (nSPS) is 19.2. The van der Waals surface area contributed by atoms with E-state index in [2.05, 4.69) is 15.3 Å². The quantitative estimate of drug-likeness (QED) is 0.590. The number of imidazole rings is 1. The second-order valence-electron chi connectivity index (χ2n) is 3.64. The highest BCUT2D eigenvalue weighted by Crippen LogP contribution is 2.24. The summed E-state index contributed by atoms with van der Waals surface area (Å²) in [6, 6.07) is 0. The lowest BCUT2D eigenvalue weighted by molar-refractivity contribution is 0.452. The van der Waals surface area contributed by atoms with Gasteiger partial charge >= 0.3 is 5.69 Å². The van der Waals surface area contributed by atoms with Gasteiger partial charge in [-0.25, -0.2) is 4.79 Å². The summed E-state index contributed by atoms with van der Waals surface area (Å²) in [5, 5.41) is 3.31. The first-order valence-corrected chi connectivity index (χ1v) is 4.77. The average molecular weight is 181 g/mol. The van der Waals surface area contributed by atoms with Crippen LogP contribution in [0.5, 0.6) is 0 Å². The summed E-state index contributed by atoms with van der Waals surface area (Å²) in [4.78, 5) is 16.7. The first kappa shape index (κ1) is 8.56. The molecule has 2 rings (SSSR count). The molecule has 1 aliphatic rings. The molecule has 1 aromatic rings. The third kappa shape index (κ3) is 1.67. The van der Waals surface area contributed by atoms with Crippen molar-refractivity contribution in [3.63, 3.8) is 0 Å². The van der Waals surface area contributed by atoms with E-state index in [1.165, 1.54) is 0 Å². The van der Waals surface area contributed by atoms with Gasteiger partial charge in [0.25, 0.3) is 0 Å². The zero-order valence-electron chi connectivity index (χ0n) is 7.81. The zero-order valence-corrected chi connectivity index (χ0v) is 7.81. The summed E-state index contributed by atoms with van der Waals surface area (Å²) in [6.45, 7) is 4.06. The van der Waals surface area contributed by atoms with Crippen LogP contribution in [-0.2, 0) is 0 Å². The lowest BCUT2D eigenvalue weighted by Crippen LogP contribution is -2.27. The Balaban J connectivity index is 2.23. The van der Waals surface area contributed by atoms with Crippen molar-refractivity contribution in [1.82, 2.24) is 15.3 Å². The minimum atomic E-state index is -0.0777. The molecule has 3 N–H and O–H groups in total. The Bertz CT molecular complexity index is 333. The molecule has 2 heterocycles. The second kappa shape index (κ2) is 3.38. The molecule has 1 saturated heterocycles. The van der Waals surface area contributed by atoms with Crippen LogP contribution >= 0.6 is 0 Å². The van der Waals surface area contributed by atoms with Crippen molar-refractivity contribution in [2.24, 2.45) is 0 Å². The molecule has 13 heavy (non-hydrogen) atoms. The number of piperidine rings is 1. The highest BCUT2D eigenvalue weighted by Gasteiger charge is 2.18. The van der Waals surface area contributed by atoms with Gasteiger partial charge in [-0.05, 0) is 32.9 Å². The Morgan fingerprint density at radius 1 is 1.23 bits per heavy atom. The SMILES string of the molecule is Cc1[nH]c(=O)[nH]c1C1CCNCC1. The molecule has 0 saturated carbocycles. The van der Waals surface area contributed by atoms with E-state index < -0.39 is 0 Å². The summed E-state index contributed by atoms with van der Waals surface area (Å²) in [5.74, 6) is 0.528. The Hall–Kier alpha value is -1.03. The molecule has 0 radical (unpaired) electrons. The van der Waals surface area contributed by atoms with Crippen LogP contribution in [0.4, 0.5) is 0 Å². The fraction of sp³-hybridized carbons (Fsp3) is 0.667. The molecular formula is C9H15N3O. The van der Waals surface area contributed by atoms with E-state index in [-0.39, 0.29) is 5.69 Å². The Morgan fingerprint density at radius 2 is 1.92 bits per heavy atom. The molecule has 4 heteroatoms. The van der Waals surface area contributed by atoms with Crippen molar-refractivity contribution >= 4 is 0 Å². The Kier molecular flexibility index (Phi) is 2.22. The van der Waals surface area contributed by atoms with Gasteiger partial charge in [-0.2, -0.15) is 0 Å². The summed E-state index contributed by atoms with van der Waals surface area (Å²) < 4.78 is 0. The first-order valence-electron chi connectivity index (χ1n) is 4.77. The van der Waals surface area contributed by atoms with Gasteiger partial charge in [0.1, 0.15) is 0 Å². The summed E-state index contributed by atoms with van der Waals surface area (Å²) in [5.41, 5.74) is 2.02. The molecule has 1 aromatic heterocycles. The van der Waals surface area contributed by atoms with Crippen LogP contribution in [0.3, 0.4) is 0 Å². The molecule has 0 spiro atoms. The van der Waals surface area contributed by atoms with Crippen molar-refractivity contribution in [1.29, 1.82) is 0 Å². The topological polar surface area (TPSA) is 60.7 Å². The van der Waals surface area contributed by atoms with Crippen LogP contribution < -0.4 is 11.0 Å². The average Bonchev–Trinajstić information content (AvgIpc) is 2.47. The number of aryl methyl sites for hydroxylation is 1. The fourth-order valence-electron chi connectivity index (χ4n) is 2.00. The lowest BCUT2D eigenvalue weighted by atomic mass is 9.94. The number of H-pyrrole nitrogens is 2. The van der Waals surface area contributed by atoms with Crippen molar-refractivity contribution in [2.75, 3.05) is 13.1 Å². The van der Waals surface area contributed by atoms with E-state index in [0.29, 0.717) is 5.92 Å². The molecule has 0 amide bonds. The third-order valence-electron chi connectivity index (χ3n) is 2.70. The van der Waals surface area contributed by atoms with Crippen LogP contribution in [0.1, 0.15) is 30.1 Å². The predicted molar refractivity (Wildman–Crippen MR) is 51.0 cm³/mol. The van der Waals surface area contributed by atoms with Gasteiger partial charge < -0.3 is 15.3 Å². The van der Waals surface area contributed by atoms with Gasteiger partial charge in [0.15, 0.2) is 0 Å². The molecule has 4 nitrogen and oxygen atoms in total. The maximum absolute atomic E-state index is 11.0. The molecule has 1 aliphatic heterocycles. The highest BCUT2D eigenvalue weighted by molar-refractivity contribution is 5.15. The van der Waals surface area contributed by atoms with Gasteiger partial charge in [-0.1, -0.05) is 0 Å². The fourth-order valence-corrected chi connectivity index (χ4v) is 2.00. The molecule has 0 unspecified atom stereocenters. The first-order chi connectivity index (χ1) is 6.27. The summed E-state index contributed by atoms with van der Waals surface area (Å²) in [7, 11) is 0. The van der Waals surface area contributed by atoms with Gasteiger partial charge in [0.2, 0.25) is 0 Å². The zero-order chi connectivity index (χ0) is 9.26. The van der Waals surface area contributed by atoms with Crippen LogP contribution in [0.25, 0.3) is 0 Å². The Morgan fingerprint density at radius 3 is 2.46 bits per heavy atom. The van der Waals surface area contributed by atoms with Crippen molar-refractivity contribution in [3.8, 4) is 0 Å². The smallest absolute Gasteiger partial charge is 0.317 e. The van der Waals surface area contributed by atoms with E-state index >= 15 is 0 Å². The van der Waals surface area contributed by atoms with E-state index in [1.54, 1.807) is 0 Å². The molecular weight excluding hydrogens is 166 g/mol. The van der Waals surface area contributed by atoms with Crippen molar-refractivity contribution in [2.45, 2.75) is 25.7 Å². The van der Waals surface area contributed by atoms with Crippen LogP contribution in [0, 0.1) is 6.92 Å². The number of hydrogen-bond donors (Lipinski definition) is 3. The highest BCUT2D eigenvalue weighted by atomic mass is 16.1. The molecule has 72 valence electrons. The van der Waals surface area contributed by atoms with E-state index in [9.17, 15) is 4.79 Å². The standard InChI is InChI=1S/C9H15N3O/c1-6-8(12-9(13)11-6)7-2-4-10-5-3-7/h7,10H,2-5H2,1H3,(H2,11,12,13).